The zero-order valence-corrected chi connectivity index (χ0v) is 16.1. The molecule has 1 aliphatic heterocycles. The van der Waals surface area contributed by atoms with Crippen molar-refractivity contribution in [2.75, 3.05) is 6.54 Å². The van der Waals surface area contributed by atoms with Crippen molar-refractivity contribution < 1.29 is 4.79 Å². The minimum absolute atomic E-state index is 0.0262. The van der Waals surface area contributed by atoms with Gasteiger partial charge in [-0.2, -0.15) is 0 Å². The molecular weight excluding hydrogens is 338 g/mol. The first-order valence-electron chi connectivity index (χ1n) is 9.47. The zero-order chi connectivity index (χ0) is 19.1. The Morgan fingerprint density at radius 1 is 1.11 bits per heavy atom. The standard InChI is InChI=1S/C22H25N3O2/c1-15-13-24(3)22(27)19-18(14-23(2)20(15)19)21(26)25-11-7-10-17(25)12-16-8-5-4-6-9-16/h4-6,8-9,13-14,17H,7,10-12H2,1-3H3. The lowest BCUT2D eigenvalue weighted by Gasteiger charge is -2.24. The number of carbonyl (C=O) groups excluding carboxylic acids is 1. The molecule has 0 radical (unpaired) electrons. The van der Waals surface area contributed by atoms with E-state index >= 15 is 0 Å². The molecule has 4 rings (SSSR count). The van der Waals surface area contributed by atoms with Gasteiger partial charge in [0.1, 0.15) is 0 Å². The molecule has 27 heavy (non-hydrogen) atoms. The Morgan fingerprint density at radius 3 is 2.59 bits per heavy atom. The van der Waals surface area contributed by atoms with Gasteiger partial charge in [-0.05, 0) is 37.3 Å². The van der Waals surface area contributed by atoms with Crippen LogP contribution < -0.4 is 5.56 Å². The van der Waals surface area contributed by atoms with Crippen LogP contribution in [0.4, 0.5) is 0 Å². The number of likely N-dealkylation sites (tertiary alicyclic amines) is 1. The second-order valence-corrected chi connectivity index (χ2v) is 7.59. The fourth-order valence-electron chi connectivity index (χ4n) is 4.42. The van der Waals surface area contributed by atoms with E-state index in [0.717, 1.165) is 36.9 Å². The number of hydrogen-bond acceptors (Lipinski definition) is 2. The molecule has 0 aliphatic carbocycles. The molecule has 5 heteroatoms. The number of carbonyl (C=O) groups is 1. The molecule has 1 amide bonds. The van der Waals surface area contributed by atoms with Crippen LogP contribution in [0.15, 0.2) is 47.5 Å². The molecule has 1 atom stereocenters. The highest BCUT2D eigenvalue weighted by Gasteiger charge is 2.32. The number of aromatic nitrogens is 2. The quantitative estimate of drug-likeness (QED) is 0.718. The topological polar surface area (TPSA) is 47.2 Å². The number of nitrogens with zero attached hydrogens (tertiary/aromatic N) is 3. The van der Waals surface area contributed by atoms with Crippen LogP contribution in [0.25, 0.3) is 10.9 Å². The molecule has 3 aromatic rings. The predicted molar refractivity (Wildman–Crippen MR) is 107 cm³/mol. The van der Waals surface area contributed by atoms with Crippen molar-refractivity contribution in [2.45, 2.75) is 32.2 Å². The highest BCUT2D eigenvalue weighted by Crippen LogP contribution is 2.27. The van der Waals surface area contributed by atoms with Crippen LogP contribution in [-0.4, -0.2) is 32.5 Å². The third-order valence-electron chi connectivity index (χ3n) is 5.66. The van der Waals surface area contributed by atoms with Crippen LogP contribution in [0.5, 0.6) is 0 Å². The second-order valence-electron chi connectivity index (χ2n) is 7.59. The van der Waals surface area contributed by atoms with E-state index in [2.05, 4.69) is 12.1 Å². The normalized spacial score (nSPS) is 17.0. The first-order chi connectivity index (χ1) is 13.0. The van der Waals surface area contributed by atoms with Gasteiger partial charge in [-0.15, -0.1) is 0 Å². The van der Waals surface area contributed by atoms with Crippen molar-refractivity contribution in [1.82, 2.24) is 14.0 Å². The van der Waals surface area contributed by atoms with Gasteiger partial charge in [-0.3, -0.25) is 9.59 Å². The van der Waals surface area contributed by atoms with Crippen LogP contribution in [0.3, 0.4) is 0 Å². The van der Waals surface area contributed by atoms with E-state index in [-0.39, 0.29) is 17.5 Å². The lowest BCUT2D eigenvalue weighted by Crippen LogP contribution is -2.37. The van der Waals surface area contributed by atoms with Gasteiger partial charge in [0.05, 0.1) is 16.5 Å². The Hall–Kier alpha value is -2.82. The Bertz CT molecular complexity index is 1060. The molecule has 1 aromatic carbocycles. The maximum Gasteiger partial charge on any atom is 0.260 e. The van der Waals surface area contributed by atoms with E-state index in [1.165, 1.54) is 5.56 Å². The Kier molecular flexibility index (Phi) is 4.38. The minimum atomic E-state index is -0.113. The van der Waals surface area contributed by atoms with Gasteiger partial charge >= 0.3 is 0 Å². The Balaban J connectivity index is 1.73. The van der Waals surface area contributed by atoms with E-state index in [0.29, 0.717) is 10.9 Å². The first kappa shape index (κ1) is 17.6. The fourth-order valence-corrected chi connectivity index (χ4v) is 4.42. The molecule has 0 spiro atoms. The Labute approximate surface area is 158 Å². The van der Waals surface area contributed by atoms with Crippen molar-refractivity contribution in [3.8, 4) is 0 Å². The van der Waals surface area contributed by atoms with Gasteiger partial charge < -0.3 is 14.0 Å². The fraction of sp³-hybridized carbons (Fsp3) is 0.364. The lowest BCUT2D eigenvalue weighted by molar-refractivity contribution is 0.0738. The number of amides is 1. The monoisotopic (exact) mass is 363 g/mol. The van der Waals surface area contributed by atoms with Crippen molar-refractivity contribution in [3.05, 3.63) is 69.8 Å². The third-order valence-corrected chi connectivity index (χ3v) is 5.66. The summed E-state index contributed by atoms with van der Waals surface area (Å²) < 4.78 is 3.47. The third kappa shape index (κ3) is 2.97. The van der Waals surface area contributed by atoms with Gasteiger partial charge in [-0.1, -0.05) is 30.3 Å². The van der Waals surface area contributed by atoms with Crippen LogP contribution in [0, 0.1) is 6.92 Å². The first-order valence-corrected chi connectivity index (χ1v) is 9.47. The summed E-state index contributed by atoms with van der Waals surface area (Å²) in [6.45, 7) is 2.73. The van der Waals surface area contributed by atoms with Gasteiger partial charge in [0.15, 0.2) is 0 Å². The molecule has 1 saturated heterocycles. The lowest BCUT2D eigenvalue weighted by atomic mass is 10.0. The van der Waals surface area contributed by atoms with Gasteiger partial charge in [0.25, 0.3) is 11.5 Å². The molecular formula is C22H25N3O2. The predicted octanol–water partition coefficient (Wildman–Crippen LogP) is 3.03. The maximum atomic E-state index is 13.4. The SMILES string of the molecule is Cc1cn(C)c(=O)c2c(C(=O)N3CCCC3Cc3ccccc3)cn(C)c12. The van der Waals surface area contributed by atoms with E-state index < -0.39 is 0 Å². The van der Waals surface area contributed by atoms with Crippen LogP contribution in [-0.2, 0) is 20.5 Å². The number of benzene rings is 1. The Morgan fingerprint density at radius 2 is 1.85 bits per heavy atom. The van der Waals surface area contributed by atoms with Crippen molar-refractivity contribution in [3.63, 3.8) is 0 Å². The summed E-state index contributed by atoms with van der Waals surface area (Å²) in [6.07, 6.45) is 6.51. The molecule has 0 saturated carbocycles. The molecule has 2 aromatic heterocycles. The summed E-state index contributed by atoms with van der Waals surface area (Å²) in [6, 6.07) is 10.5. The van der Waals surface area contributed by atoms with Gasteiger partial charge in [-0.25, -0.2) is 0 Å². The highest BCUT2D eigenvalue weighted by atomic mass is 16.2. The number of pyridine rings is 1. The van der Waals surface area contributed by atoms with Crippen LogP contribution in [0.1, 0.15) is 34.3 Å². The summed E-state index contributed by atoms with van der Waals surface area (Å²) in [7, 11) is 3.64. The largest absolute Gasteiger partial charge is 0.349 e. The number of rotatable bonds is 3. The smallest absolute Gasteiger partial charge is 0.260 e. The van der Waals surface area contributed by atoms with E-state index in [1.807, 2.05) is 54.0 Å². The zero-order valence-electron chi connectivity index (χ0n) is 16.1. The molecule has 140 valence electrons. The summed E-state index contributed by atoms with van der Waals surface area (Å²) in [5.41, 5.74) is 3.50. The van der Waals surface area contributed by atoms with Gasteiger partial charge in [0.2, 0.25) is 0 Å². The minimum Gasteiger partial charge on any atom is -0.349 e. The van der Waals surface area contributed by atoms with E-state index in [4.69, 9.17) is 0 Å². The summed E-state index contributed by atoms with van der Waals surface area (Å²) in [4.78, 5) is 28.2. The molecule has 3 heterocycles. The van der Waals surface area contributed by atoms with Gasteiger partial charge in [0, 0.05) is 39.1 Å². The molecule has 0 bridgehead atoms. The summed E-state index contributed by atoms with van der Waals surface area (Å²) in [5.74, 6) is -0.0262. The molecule has 0 N–H and O–H groups in total. The summed E-state index contributed by atoms with van der Waals surface area (Å²) >= 11 is 0. The maximum absolute atomic E-state index is 13.4. The van der Waals surface area contributed by atoms with Crippen molar-refractivity contribution in [1.29, 1.82) is 0 Å². The number of hydrogen-bond donors (Lipinski definition) is 0. The second kappa shape index (κ2) is 6.72. The molecule has 1 unspecified atom stereocenters. The van der Waals surface area contributed by atoms with Crippen molar-refractivity contribution >= 4 is 16.8 Å². The van der Waals surface area contributed by atoms with E-state index in [9.17, 15) is 9.59 Å². The molecule has 1 fully saturated rings. The average Bonchev–Trinajstić information content (AvgIpc) is 3.25. The molecule has 1 aliphatic rings. The highest BCUT2D eigenvalue weighted by molar-refractivity contribution is 6.07. The van der Waals surface area contributed by atoms with E-state index in [1.54, 1.807) is 11.6 Å². The number of fused-ring (bicyclic) bond motifs is 1. The summed E-state index contributed by atoms with van der Waals surface area (Å²) in [5, 5.41) is 0.537. The van der Waals surface area contributed by atoms with Crippen LogP contribution in [0.2, 0.25) is 0 Å². The number of aryl methyl sites for hydroxylation is 3. The average molecular weight is 363 g/mol. The van der Waals surface area contributed by atoms with Crippen LogP contribution >= 0.6 is 0 Å². The molecule has 5 nitrogen and oxygen atoms in total. The van der Waals surface area contributed by atoms with Crippen molar-refractivity contribution in [2.24, 2.45) is 14.1 Å².